The number of alkyl halides is 3. The average molecular weight is 225 g/mol. The summed E-state index contributed by atoms with van der Waals surface area (Å²) in [6.07, 6.45) is -4.39. The number of halogens is 3. The van der Waals surface area contributed by atoms with Gasteiger partial charge in [0.2, 0.25) is 5.01 Å². The van der Waals surface area contributed by atoms with Gasteiger partial charge in [-0.1, -0.05) is 18.3 Å². The van der Waals surface area contributed by atoms with Crippen molar-refractivity contribution in [1.82, 2.24) is 15.5 Å². The Morgan fingerprint density at radius 2 is 2.07 bits per heavy atom. The first-order chi connectivity index (χ1) is 6.45. The van der Waals surface area contributed by atoms with Crippen LogP contribution in [0.1, 0.15) is 29.9 Å². The van der Waals surface area contributed by atoms with Gasteiger partial charge in [-0.3, -0.25) is 0 Å². The van der Waals surface area contributed by atoms with Crippen LogP contribution < -0.4 is 5.32 Å². The largest absolute Gasteiger partial charge is 0.445 e. The summed E-state index contributed by atoms with van der Waals surface area (Å²) < 4.78 is 36.4. The first-order valence-corrected chi connectivity index (χ1v) is 4.90. The molecule has 1 atom stereocenters. The molecule has 0 saturated carbocycles. The molecule has 0 bridgehead atoms. The molecule has 0 aliphatic rings. The lowest BCUT2D eigenvalue weighted by molar-refractivity contribution is -0.138. The average Bonchev–Trinajstić information content (AvgIpc) is 2.51. The molecule has 0 aliphatic carbocycles. The van der Waals surface area contributed by atoms with E-state index in [-0.39, 0.29) is 6.04 Å². The molecular weight excluding hydrogens is 215 g/mol. The number of nitrogens with one attached hydrogen (secondary N) is 1. The quantitative estimate of drug-likeness (QED) is 0.857. The van der Waals surface area contributed by atoms with Crippen molar-refractivity contribution in [2.24, 2.45) is 0 Å². The molecule has 1 unspecified atom stereocenters. The van der Waals surface area contributed by atoms with Crippen LogP contribution in [-0.2, 0) is 6.18 Å². The summed E-state index contributed by atoms with van der Waals surface area (Å²) in [5.74, 6) is 0. The van der Waals surface area contributed by atoms with E-state index in [0.29, 0.717) is 22.9 Å². The van der Waals surface area contributed by atoms with Crippen molar-refractivity contribution < 1.29 is 13.2 Å². The Morgan fingerprint density at radius 1 is 1.43 bits per heavy atom. The summed E-state index contributed by atoms with van der Waals surface area (Å²) in [6, 6.07) is -0.186. The zero-order valence-corrected chi connectivity index (χ0v) is 8.54. The zero-order chi connectivity index (χ0) is 10.8. The third-order valence-electron chi connectivity index (χ3n) is 1.56. The van der Waals surface area contributed by atoms with Gasteiger partial charge < -0.3 is 5.32 Å². The molecule has 3 nitrogen and oxygen atoms in total. The Kier molecular flexibility index (Phi) is 3.43. The second kappa shape index (κ2) is 4.22. The van der Waals surface area contributed by atoms with Crippen LogP contribution in [0.5, 0.6) is 0 Å². The number of nitrogens with zero attached hydrogens (tertiary/aromatic N) is 2. The number of aromatic nitrogens is 2. The number of hydrogen-bond acceptors (Lipinski definition) is 4. The van der Waals surface area contributed by atoms with Crippen LogP contribution in [0.15, 0.2) is 0 Å². The van der Waals surface area contributed by atoms with Crippen molar-refractivity contribution in [2.45, 2.75) is 26.1 Å². The maximum Gasteiger partial charge on any atom is 0.445 e. The Bertz CT molecular complexity index is 297. The van der Waals surface area contributed by atoms with Crippen LogP contribution in [0.2, 0.25) is 0 Å². The Labute approximate surface area is 83.4 Å². The maximum absolute atomic E-state index is 12.1. The van der Waals surface area contributed by atoms with Gasteiger partial charge >= 0.3 is 6.18 Å². The van der Waals surface area contributed by atoms with Gasteiger partial charge in [-0.05, 0) is 13.5 Å². The highest BCUT2D eigenvalue weighted by atomic mass is 32.1. The second-order valence-electron chi connectivity index (χ2n) is 2.72. The first kappa shape index (κ1) is 11.4. The van der Waals surface area contributed by atoms with Crippen molar-refractivity contribution in [3.8, 4) is 0 Å². The van der Waals surface area contributed by atoms with Crippen LogP contribution in [0.4, 0.5) is 13.2 Å². The maximum atomic E-state index is 12.1. The van der Waals surface area contributed by atoms with Crippen molar-refractivity contribution in [3.63, 3.8) is 0 Å². The summed E-state index contributed by atoms with van der Waals surface area (Å²) in [5, 5.41) is 9.02. The van der Waals surface area contributed by atoms with Crippen LogP contribution in [0, 0.1) is 0 Å². The van der Waals surface area contributed by atoms with Gasteiger partial charge in [0.25, 0.3) is 0 Å². The van der Waals surface area contributed by atoms with E-state index < -0.39 is 11.2 Å². The molecule has 1 aromatic rings. The molecule has 1 aromatic heterocycles. The van der Waals surface area contributed by atoms with Gasteiger partial charge in [0, 0.05) is 0 Å². The molecule has 80 valence electrons. The fourth-order valence-electron chi connectivity index (χ4n) is 0.918. The lowest BCUT2D eigenvalue weighted by Gasteiger charge is -2.06. The fourth-order valence-corrected chi connectivity index (χ4v) is 1.65. The minimum atomic E-state index is -4.39. The zero-order valence-electron chi connectivity index (χ0n) is 7.72. The minimum Gasteiger partial charge on any atom is -0.308 e. The standard InChI is InChI=1S/C7H10F3N3S/c1-3-11-4(2)5-12-13-6(14-5)7(8,9)10/h4,11H,3H2,1-2H3. The molecule has 0 spiro atoms. The number of hydrogen-bond donors (Lipinski definition) is 1. The van der Waals surface area contributed by atoms with Gasteiger partial charge in [0.15, 0.2) is 0 Å². The molecule has 0 amide bonds. The Morgan fingerprint density at radius 3 is 2.50 bits per heavy atom. The molecular formula is C7H10F3N3S. The highest BCUT2D eigenvalue weighted by Gasteiger charge is 2.35. The molecule has 7 heteroatoms. The smallest absolute Gasteiger partial charge is 0.308 e. The number of rotatable bonds is 3. The molecule has 0 fully saturated rings. The molecule has 0 radical (unpaired) electrons. The van der Waals surface area contributed by atoms with Crippen molar-refractivity contribution in [1.29, 1.82) is 0 Å². The summed E-state index contributed by atoms with van der Waals surface area (Å²) >= 11 is 0.578. The molecule has 1 N–H and O–H groups in total. The van der Waals surface area contributed by atoms with Crippen LogP contribution in [0.25, 0.3) is 0 Å². The first-order valence-electron chi connectivity index (χ1n) is 4.09. The molecule has 0 saturated heterocycles. The predicted molar refractivity (Wildman–Crippen MR) is 47.0 cm³/mol. The third-order valence-corrected chi connectivity index (χ3v) is 2.71. The summed E-state index contributed by atoms with van der Waals surface area (Å²) in [5.41, 5.74) is 0. The molecule has 0 aromatic carbocycles. The van der Waals surface area contributed by atoms with E-state index in [9.17, 15) is 13.2 Å². The molecule has 14 heavy (non-hydrogen) atoms. The molecule has 0 aliphatic heterocycles. The van der Waals surface area contributed by atoms with Gasteiger partial charge in [0.1, 0.15) is 5.01 Å². The highest BCUT2D eigenvalue weighted by Crippen LogP contribution is 2.32. The Balaban J connectivity index is 2.78. The van der Waals surface area contributed by atoms with Crippen LogP contribution in [0.3, 0.4) is 0 Å². The van der Waals surface area contributed by atoms with E-state index in [4.69, 9.17) is 0 Å². The minimum absolute atomic E-state index is 0.186. The molecule has 1 rings (SSSR count). The predicted octanol–water partition coefficient (Wildman–Crippen LogP) is 2.23. The summed E-state index contributed by atoms with van der Waals surface area (Å²) in [6.45, 7) is 4.31. The monoisotopic (exact) mass is 225 g/mol. The second-order valence-corrected chi connectivity index (χ2v) is 3.73. The van der Waals surface area contributed by atoms with Crippen molar-refractivity contribution >= 4 is 11.3 Å². The lowest BCUT2D eigenvalue weighted by atomic mass is 10.3. The van der Waals surface area contributed by atoms with Crippen molar-refractivity contribution in [2.75, 3.05) is 6.54 Å². The lowest BCUT2D eigenvalue weighted by Crippen LogP contribution is -2.17. The Hall–Kier alpha value is -0.690. The van der Waals surface area contributed by atoms with Gasteiger partial charge in [-0.15, -0.1) is 10.2 Å². The third kappa shape index (κ3) is 2.65. The van der Waals surface area contributed by atoms with Gasteiger partial charge in [-0.25, -0.2) is 0 Å². The van der Waals surface area contributed by atoms with Crippen LogP contribution in [-0.4, -0.2) is 16.7 Å². The summed E-state index contributed by atoms with van der Waals surface area (Å²) in [4.78, 5) is 0. The highest BCUT2D eigenvalue weighted by molar-refractivity contribution is 7.11. The van der Waals surface area contributed by atoms with E-state index in [0.717, 1.165) is 0 Å². The normalized spacial score (nSPS) is 14.4. The van der Waals surface area contributed by atoms with Gasteiger partial charge in [-0.2, -0.15) is 13.2 Å². The SMILES string of the molecule is CCNC(C)c1nnc(C(F)(F)F)s1. The van der Waals surface area contributed by atoms with E-state index in [1.807, 2.05) is 6.92 Å². The fraction of sp³-hybridized carbons (Fsp3) is 0.714. The summed E-state index contributed by atoms with van der Waals surface area (Å²) in [7, 11) is 0. The van der Waals surface area contributed by atoms with Gasteiger partial charge in [0.05, 0.1) is 6.04 Å². The van der Waals surface area contributed by atoms with E-state index in [2.05, 4.69) is 15.5 Å². The topological polar surface area (TPSA) is 37.8 Å². The van der Waals surface area contributed by atoms with E-state index >= 15 is 0 Å². The van der Waals surface area contributed by atoms with Crippen LogP contribution >= 0.6 is 11.3 Å². The molecule has 1 heterocycles. The van der Waals surface area contributed by atoms with E-state index in [1.165, 1.54) is 0 Å². The van der Waals surface area contributed by atoms with E-state index in [1.54, 1.807) is 6.92 Å². The van der Waals surface area contributed by atoms with Crippen molar-refractivity contribution in [3.05, 3.63) is 10.0 Å².